The van der Waals surface area contributed by atoms with E-state index >= 15 is 0 Å². The number of rotatable bonds is 3. The summed E-state index contributed by atoms with van der Waals surface area (Å²) >= 11 is 1.59. The van der Waals surface area contributed by atoms with Gasteiger partial charge in [-0.15, -0.1) is 11.3 Å². The third kappa shape index (κ3) is 3.37. The smallest absolute Gasteiger partial charge is 0.255 e. The zero-order chi connectivity index (χ0) is 16.4. The Morgan fingerprint density at radius 2 is 1.96 bits per heavy atom. The van der Waals surface area contributed by atoms with Crippen LogP contribution >= 0.6 is 11.3 Å². The molecule has 3 rings (SSSR count). The van der Waals surface area contributed by atoms with E-state index in [1.54, 1.807) is 30.6 Å². The molecule has 1 amide bonds. The number of amides is 1. The molecule has 0 fully saturated rings. The molecule has 0 saturated heterocycles. The van der Waals surface area contributed by atoms with Gasteiger partial charge in [-0.2, -0.15) is 0 Å². The topological polar surface area (TPSA) is 64.0 Å². The minimum atomic E-state index is -0.305. The van der Waals surface area contributed by atoms with Gasteiger partial charge in [0.15, 0.2) is 0 Å². The van der Waals surface area contributed by atoms with Crippen molar-refractivity contribution >= 4 is 22.9 Å². The first-order chi connectivity index (χ1) is 11.0. The largest absolute Gasteiger partial charge is 0.322 e. The number of benzene rings is 1. The fourth-order valence-corrected chi connectivity index (χ4v) is 2.88. The number of anilines is 1. The number of nitrogens with zero attached hydrogens (tertiary/aromatic N) is 2. The molecular formula is C17H15N3O2S. The molecule has 0 unspecified atom stereocenters. The maximum Gasteiger partial charge on any atom is 0.255 e. The van der Waals surface area contributed by atoms with E-state index in [1.807, 2.05) is 36.6 Å². The van der Waals surface area contributed by atoms with Gasteiger partial charge >= 0.3 is 0 Å². The molecule has 0 spiro atoms. The van der Waals surface area contributed by atoms with E-state index in [1.165, 1.54) is 10.6 Å². The molecule has 23 heavy (non-hydrogen) atoms. The Morgan fingerprint density at radius 3 is 2.57 bits per heavy atom. The van der Waals surface area contributed by atoms with E-state index in [9.17, 15) is 9.59 Å². The van der Waals surface area contributed by atoms with Crippen LogP contribution in [0.2, 0.25) is 0 Å². The highest BCUT2D eigenvalue weighted by atomic mass is 32.1. The third-order valence-corrected chi connectivity index (χ3v) is 4.38. The lowest BCUT2D eigenvalue weighted by molar-refractivity contribution is 0.102. The van der Waals surface area contributed by atoms with Crippen molar-refractivity contribution in [2.24, 2.45) is 7.05 Å². The average molecular weight is 325 g/mol. The fourth-order valence-electron chi connectivity index (χ4n) is 2.08. The monoisotopic (exact) mass is 325 g/mol. The summed E-state index contributed by atoms with van der Waals surface area (Å²) in [7, 11) is 1.64. The van der Waals surface area contributed by atoms with E-state index in [-0.39, 0.29) is 11.5 Å². The van der Waals surface area contributed by atoms with Crippen LogP contribution in [0, 0.1) is 6.92 Å². The van der Waals surface area contributed by atoms with Crippen molar-refractivity contribution in [1.29, 1.82) is 0 Å². The minimum Gasteiger partial charge on any atom is -0.322 e. The minimum absolute atomic E-state index is 0.216. The summed E-state index contributed by atoms with van der Waals surface area (Å²) in [6, 6.07) is 10.4. The SMILES string of the molecule is Cc1csc(-c2ccc(NC(=O)c3ccn(C)c(=O)c3)cc2)n1. The first kappa shape index (κ1) is 15.2. The Balaban J connectivity index is 1.76. The number of carbonyl (C=O) groups excluding carboxylic acids is 1. The van der Waals surface area contributed by atoms with E-state index in [0.29, 0.717) is 11.3 Å². The summed E-state index contributed by atoms with van der Waals surface area (Å²) in [6.07, 6.45) is 1.57. The Labute approximate surface area is 137 Å². The number of pyridine rings is 1. The molecule has 2 aromatic heterocycles. The van der Waals surface area contributed by atoms with Crippen LogP contribution in [0.25, 0.3) is 10.6 Å². The van der Waals surface area contributed by atoms with E-state index in [2.05, 4.69) is 10.3 Å². The normalized spacial score (nSPS) is 10.5. The summed E-state index contributed by atoms with van der Waals surface area (Å²) in [5.41, 5.74) is 2.80. The molecule has 0 bridgehead atoms. The highest BCUT2D eigenvalue weighted by molar-refractivity contribution is 7.13. The number of hydrogen-bond donors (Lipinski definition) is 1. The highest BCUT2D eigenvalue weighted by Gasteiger charge is 2.08. The summed E-state index contributed by atoms with van der Waals surface area (Å²) in [5, 5.41) is 5.74. The standard InChI is InChI=1S/C17H15N3O2S/c1-11-10-23-17(18-11)12-3-5-14(6-4-12)19-16(22)13-7-8-20(2)15(21)9-13/h3-10H,1-2H3,(H,19,22). The molecule has 2 heterocycles. The number of aryl methyl sites for hydroxylation is 2. The van der Waals surface area contributed by atoms with Crippen molar-refractivity contribution in [2.75, 3.05) is 5.32 Å². The van der Waals surface area contributed by atoms with Crippen LogP contribution in [0.15, 0.2) is 52.8 Å². The Morgan fingerprint density at radius 1 is 1.22 bits per heavy atom. The number of carbonyl (C=O) groups is 1. The van der Waals surface area contributed by atoms with Crippen LogP contribution < -0.4 is 10.9 Å². The predicted octanol–water partition coefficient (Wildman–Crippen LogP) is 3.07. The average Bonchev–Trinajstić information content (AvgIpc) is 2.97. The van der Waals surface area contributed by atoms with Gasteiger partial charge in [0.05, 0.1) is 0 Å². The zero-order valence-electron chi connectivity index (χ0n) is 12.7. The van der Waals surface area contributed by atoms with Gasteiger partial charge in [0.1, 0.15) is 5.01 Å². The van der Waals surface area contributed by atoms with E-state index in [0.717, 1.165) is 16.3 Å². The molecule has 0 aliphatic heterocycles. The molecule has 0 radical (unpaired) electrons. The fraction of sp³-hybridized carbons (Fsp3) is 0.118. The second kappa shape index (κ2) is 6.18. The molecule has 1 N–H and O–H groups in total. The Kier molecular flexibility index (Phi) is 4.08. The van der Waals surface area contributed by atoms with Crippen molar-refractivity contribution in [2.45, 2.75) is 6.92 Å². The van der Waals surface area contributed by atoms with Crippen molar-refractivity contribution in [3.05, 3.63) is 69.6 Å². The number of hydrogen-bond acceptors (Lipinski definition) is 4. The van der Waals surface area contributed by atoms with Gasteiger partial charge in [-0.25, -0.2) is 4.98 Å². The maximum absolute atomic E-state index is 12.2. The number of aromatic nitrogens is 2. The molecule has 116 valence electrons. The third-order valence-electron chi connectivity index (χ3n) is 3.38. The molecule has 6 heteroatoms. The summed E-state index contributed by atoms with van der Waals surface area (Å²) in [6.45, 7) is 1.96. The lowest BCUT2D eigenvalue weighted by Crippen LogP contribution is -2.19. The summed E-state index contributed by atoms with van der Waals surface area (Å²) < 4.78 is 1.42. The van der Waals surface area contributed by atoms with E-state index < -0.39 is 0 Å². The molecule has 0 saturated carbocycles. The molecule has 5 nitrogen and oxygen atoms in total. The lowest BCUT2D eigenvalue weighted by Gasteiger charge is -2.06. The summed E-state index contributed by atoms with van der Waals surface area (Å²) in [4.78, 5) is 28.2. The lowest BCUT2D eigenvalue weighted by atomic mass is 10.2. The van der Waals surface area contributed by atoms with Crippen LogP contribution in [0.4, 0.5) is 5.69 Å². The van der Waals surface area contributed by atoms with Crippen LogP contribution in [0.1, 0.15) is 16.1 Å². The van der Waals surface area contributed by atoms with Gasteiger partial charge in [-0.05, 0) is 37.3 Å². The highest BCUT2D eigenvalue weighted by Crippen LogP contribution is 2.24. The second-order valence-corrected chi connectivity index (χ2v) is 6.05. The van der Waals surface area contributed by atoms with Crippen LogP contribution in [0.3, 0.4) is 0 Å². The van der Waals surface area contributed by atoms with Crippen molar-refractivity contribution < 1.29 is 4.79 Å². The molecule has 0 aliphatic carbocycles. The first-order valence-corrected chi connectivity index (χ1v) is 7.91. The predicted molar refractivity (Wildman–Crippen MR) is 91.9 cm³/mol. The van der Waals surface area contributed by atoms with Crippen molar-refractivity contribution in [3.8, 4) is 10.6 Å². The van der Waals surface area contributed by atoms with Crippen LogP contribution in [-0.2, 0) is 7.05 Å². The molecule has 0 aliphatic rings. The zero-order valence-corrected chi connectivity index (χ0v) is 13.6. The quantitative estimate of drug-likeness (QED) is 0.805. The van der Waals surface area contributed by atoms with Gasteiger partial charge in [0.2, 0.25) is 0 Å². The van der Waals surface area contributed by atoms with Gasteiger partial charge in [-0.1, -0.05) is 0 Å². The second-order valence-electron chi connectivity index (χ2n) is 5.19. The molecule has 1 aromatic carbocycles. The van der Waals surface area contributed by atoms with Crippen molar-refractivity contribution in [3.63, 3.8) is 0 Å². The van der Waals surface area contributed by atoms with Gasteiger partial charge < -0.3 is 9.88 Å². The van der Waals surface area contributed by atoms with E-state index in [4.69, 9.17) is 0 Å². The van der Waals surface area contributed by atoms with Crippen molar-refractivity contribution in [1.82, 2.24) is 9.55 Å². The maximum atomic E-state index is 12.2. The molecular weight excluding hydrogens is 310 g/mol. The number of thiazole rings is 1. The van der Waals surface area contributed by atoms with Gasteiger partial charge in [0.25, 0.3) is 11.5 Å². The Bertz CT molecular complexity index is 910. The van der Waals surface area contributed by atoms with Crippen LogP contribution in [0.5, 0.6) is 0 Å². The van der Waals surface area contributed by atoms with Gasteiger partial charge in [0, 0.05) is 47.2 Å². The van der Waals surface area contributed by atoms with Gasteiger partial charge in [-0.3, -0.25) is 9.59 Å². The van der Waals surface area contributed by atoms with Crippen LogP contribution in [-0.4, -0.2) is 15.5 Å². The number of nitrogens with one attached hydrogen (secondary N) is 1. The Hall–Kier alpha value is -2.73. The first-order valence-electron chi connectivity index (χ1n) is 7.03. The molecule has 0 atom stereocenters. The molecule has 3 aromatic rings. The summed E-state index contributed by atoms with van der Waals surface area (Å²) in [5.74, 6) is -0.305.